The summed E-state index contributed by atoms with van der Waals surface area (Å²) in [7, 11) is -3.84. The van der Waals surface area contributed by atoms with Crippen molar-refractivity contribution in [2.45, 2.75) is 30.2 Å². The van der Waals surface area contributed by atoms with Gasteiger partial charge >= 0.3 is 12.1 Å². The highest BCUT2D eigenvalue weighted by molar-refractivity contribution is 7.90. The van der Waals surface area contributed by atoms with E-state index in [1.807, 2.05) is 30.3 Å². The number of carbonyl (C=O) groups excluding carboxylic acids is 1. The summed E-state index contributed by atoms with van der Waals surface area (Å²) >= 11 is 0. The molecule has 0 saturated carbocycles. The Hall–Kier alpha value is -4.50. The highest BCUT2D eigenvalue weighted by Crippen LogP contribution is 2.39. The van der Waals surface area contributed by atoms with Crippen molar-refractivity contribution in [3.63, 3.8) is 0 Å². The predicted molar refractivity (Wildman–Crippen MR) is 150 cm³/mol. The van der Waals surface area contributed by atoms with Crippen LogP contribution in [0.2, 0.25) is 0 Å². The summed E-state index contributed by atoms with van der Waals surface area (Å²) in [4.78, 5) is 15.4. The van der Waals surface area contributed by atoms with Gasteiger partial charge in [-0.25, -0.2) is 8.42 Å². The van der Waals surface area contributed by atoms with E-state index in [1.165, 1.54) is 43.5 Å². The first kappa shape index (κ1) is 28.0. The molecule has 0 atom stereocenters. The largest absolute Gasteiger partial charge is 0.427 e. The molecular formula is C32H24F3NO4S. The normalized spacial score (nSPS) is 11.9. The van der Waals surface area contributed by atoms with Crippen molar-refractivity contribution in [3.05, 3.63) is 126 Å². The van der Waals surface area contributed by atoms with Crippen LogP contribution < -0.4 is 4.74 Å². The van der Waals surface area contributed by atoms with Gasteiger partial charge < -0.3 is 4.74 Å². The quantitative estimate of drug-likeness (QED) is 0.149. The number of sulfone groups is 1. The highest BCUT2D eigenvalue weighted by Gasteiger charge is 2.33. The number of para-hydroxylation sites is 1. The average molecular weight is 576 g/mol. The average Bonchev–Trinajstić information content (AvgIpc) is 2.93. The maximum atomic E-state index is 13.9. The standard InChI is InChI=1S/C32H24F3NO4S/c1-21(37)40-26-15-13-23(14-16-26)20-41(38,39)27-10-5-9-24(18-27)30-25(17-22-7-3-2-4-8-22)19-36-31-28(30)11-6-12-29(31)32(33,34)35/h2-16,18-19H,17,20H2,1H3. The molecule has 0 amide bonds. The molecule has 0 fully saturated rings. The maximum absolute atomic E-state index is 13.9. The molecule has 0 unspecified atom stereocenters. The first-order valence-corrected chi connectivity index (χ1v) is 14.3. The minimum Gasteiger partial charge on any atom is -0.427 e. The number of hydrogen-bond donors (Lipinski definition) is 0. The van der Waals surface area contributed by atoms with E-state index in [2.05, 4.69) is 4.98 Å². The Morgan fingerprint density at radius 1 is 0.854 bits per heavy atom. The zero-order valence-corrected chi connectivity index (χ0v) is 22.7. The van der Waals surface area contributed by atoms with E-state index in [9.17, 15) is 26.4 Å². The Kier molecular flexibility index (Phi) is 7.64. The molecule has 0 aliphatic carbocycles. The number of ether oxygens (including phenoxy) is 1. The fraction of sp³-hybridized carbons (Fsp3) is 0.125. The number of alkyl halides is 3. The highest BCUT2D eigenvalue weighted by atomic mass is 32.2. The van der Waals surface area contributed by atoms with Gasteiger partial charge in [0, 0.05) is 18.5 Å². The summed E-state index contributed by atoms with van der Waals surface area (Å²) < 4.78 is 73.5. The van der Waals surface area contributed by atoms with Gasteiger partial charge in [-0.05, 0) is 64.6 Å². The molecule has 9 heteroatoms. The van der Waals surface area contributed by atoms with Gasteiger partial charge in [0.2, 0.25) is 0 Å². The monoisotopic (exact) mass is 575 g/mol. The van der Waals surface area contributed by atoms with Crippen LogP contribution in [-0.4, -0.2) is 19.4 Å². The number of aromatic nitrogens is 1. The van der Waals surface area contributed by atoms with Gasteiger partial charge in [-0.1, -0.05) is 66.7 Å². The topological polar surface area (TPSA) is 73.3 Å². The van der Waals surface area contributed by atoms with E-state index in [4.69, 9.17) is 4.74 Å². The first-order valence-electron chi connectivity index (χ1n) is 12.6. The third kappa shape index (κ3) is 6.30. The molecule has 0 spiro atoms. The SMILES string of the molecule is CC(=O)Oc1ccc(CS(=O)(=O)c2cccc(-c3c(Cc4ccccc4)cnc4c(C(F)(F)F)cccc34)c2)cc1. The molecule has 208 valence electrons. The predicted octanol–water partition coefficient (Wildman–Crippen LogP) is 7.41. The molecule has 5 rings (SSSR count). The lowest BCUT2D eigenvalue weighted by Gasteiger charge is -2.17. The van der Waals surface area contributed by atoms with Gasteiger partial charge in [0.05, 0.1) is 21.7 Å². The van der Waals surface area contributed by atoms with Crippen LogP contribution in [0.5, 0.6) is 5.75 Å². The van der Waals surface area contributed by atoms with E-state index >= 15 is 0 Å². The summed E-state index contributed by atoms with van der Waals surface area (Å²) in [5.74, 6) is -0.502. The number of fused-ring (bicyclic) bond motifs is 1. The number of carbonyl (C=O) groups is 1. The Bertz CT molecular complexity index is 1840. The van der Waals surface area contributed by atoms with Gasteiger partial charge in [-0.15, -0.1) is 0 Å². The van der Waals surface area contributed by atoms with E-state index < -0.39 is 27.5 Å². The van der Waals surface area contributed by atoms with Crippen LogP contribution in [0.15, 0.2) is 108 Å². The number of benzene rings is 4. The number of esters is 1. The second-order valence-corrected chi connectivity index (χ2v) is 11.5. The fourth-order valence-electron chi connectivity index (χ4n) is 4.75. The smallest absolute Gasteiger partial charge is 0.418 e. The molecule has 0 N–H and O–H groups in total. The molecule has 1 aromatic heterocycles. The van der Waals surface area contributed by atoms with Crippen LogP contribution in [0.25, 0.3) is 22.0 Å². The zero-order valence-electron chi connectivity index (χ0n) is 21.9. The van der Waals surface area contributed by atoms with E-state index in [1.54, 1.807) is 30.3 Å². The third-order valence-corrected chi connectivity index (χ3v) is 8.23. The lowest BCUT2D eigenvalue weighted by molar-refractivity contribution is -0.136. The van der Waals surface area contributed by atoms with Crippen molar-refractivity contribution in [2.75, 3.05) is 0 Å². The van der Waals surface area contributed by atoms with Gasteiger partial charge in [-0.3, -0.25) is 9.78 Å². The lowest BCUT2D eigenvalue weighted by Crippen LogP contribution is -2.08. The van der Waals surface area contributed by atoms with Crippen molar-refractivity contribution in [2.24, 2.45) is 0 Å². The maximum Gasteiger partial charge on any atom is 0.418 e. The van der Waals surface area contributed by atoms with Crippen LogP contribution in [0.3, 0.4) is 0 Å². The second kappa shape index (κ2) is 11.2. The van der Waals surface area contributed by atoms with Crippen LogP contribution in [0.1, 0.15) is 29.2 Å². The first-order chi connectivity index (χ1) is 19.5. The third-order valence-electron chi connectivity index (χ3n) is 6.54. The van der Waals surface area contributed by atoms with Gasteiger partial charge in [0.15, 0.2) is 9.84 Å². The minimum absolute atomic E-state index is 0.0293. The van der Waals surface area contributed by atoms with Gasteiger partial charge in [0.1, 0.15) is 5.75 Å². The Morgan fingerprint density at radius 3 is 2.24 bits per heavy atom. The summed E-state index contributed by atoms with van der Waals surface area (Å²) in [5.41, 5.74) is 1.99. The van der Waals surface area contributed by atoms with Crippen molar-refractivity contribution >= 4 is 26.7 Å². The van der Waals surface area contributed by atoms with Crippen molar-refractivity contribution in [1.29, 1.82) is 0 Å². The van der Waals surface area contributed by atoms with Crippen LogP contribution in [-0.2, 0) is 33.0 Å². The van der Waals surface area contributed by atoms with Crippen molar-refractivity contribution in [1.82, 2.24) is 4.98 Å². The lowest BCUT2D eigenvalue weighted by atomic mass is 9.92. The van der Waals surface area contributed by atoms with E-state index in [0.717, 1.165) is 11.6 Å². The molecular weight excluding hydrogens is 551 g/mol. The fourth-order valence-corrected chi connectivity index (χ4v) is 6.14. The molecule has 4 aromatic carbocycles. The number of pyridine rings is 1. The molecule has 5 nitrogen and oxygen atoms in total. The number of halogens is 3. The summed E-state index contributed by atoms with van der Waals surface area (Å²) in [5, 5.41) is 0.281. The Balaban J connectivity index is 1.60. The summed E-state index contributed by atoms with van der Waals surface area (Å²) in [6.45, 7) is 1.27. The molecule has 0 saturated heterocycles. The Morgan fingerprint density at radius 2 is 1.56 bits per heavy atom. The molecule has 1 heterocycles. The number of rotatable bonds is 7. The van der Waals surface area contributed by atoms with Crippen LogP contribution in [0.4, 0.5) is 13.2 Å². The van der Waals surface area contributed by atoms with E-state index in [0.29, 0.717) is 34.4 Å². The van der Waals surface area contributed by atoms with Crippen molar-refractivity contribution in [3.8, 4) is 16.9 Å². The minimum atomic E-state index is -4.61. The summed E-state index contributed by atoms with van der Waals surface area (Å²) in [6.07, 6.45) is -2.78. The molecule has 5 aromatic rings. The van der Waals surface area contributed by atoms with Crippen molar-refractivity contribution < 1.29 is 31.1 Å². The molecule has 0 radical (unpaired) electrons. The second-order valence-electron chi connectivity index (χ2n) is 9.54. The number of nitrogens with zero attached hydrogens (tertiary/aromatic N) is 1. The van der Waals surface area contributed by atoms with Gasteiger partial charge in [0.25, 0.3) is 0 Å². The van der Waals surface area contributed by atoms with Crippen LogP contribution in [0, 0.1) is 0 Å². The van der Waals surface area contributed by atoms with Gasteiger partial charge in [-0.2, -0.15) is 13.2 Å². The molecule has 0 aliphatic heterocycles. The van der Waals surface area contributed by atoms with Crippen LogP contribution >= 0.6 is 0 Å². The number of hydrogen-bond acceptors (Lipinski definition) is 5. The zero-order chi connectivity index (χ0) is 29.2. The van der Waals surface area contributed by atoms with E-state index in [-0.39, 0.29) is 21.6 Å². The molecule has 0 aliphatic rings. The molecule has 0 bridgehead atoms. The molecule has 41 heavy (non-hydrogen) atoms. The summed E-state index contributed by atoms with van der Waals surface area (Å²) in [6, 6.07) is 25.7. The Labute approximate surface area is 235 Å².